The van der Waals surface area contributed by atoms with Crippen LogP contribution in [0.4, 0.5) is 0 Å². The third-order valence-electron chi connectivity index (χ3n) is 4.46. The summed E-state index contributed by atoms with van der Waals surface area (Å²) in [5.41, 5.74) is 6.15. The second-order valence-corrected chi connectivity index (χ2v) is 8.93. The number of nitrogens with zero attached hydrogens (tertiary/aromatic N) is 2. The molecule has 1 aliphatic heterocycles. The molecule has 0 aromatic carbocycles. The summed E-state index contributed by atoms with van der Waals surface area (Å²) in [6.07, 6.45) is 12.0. The molecule has 1 atom stereocenters. The molecular weight excluding hydrogens is 408 g/mol. The largest absolute Gasteiger partial charge is 0.438 e. The molecule has 1 aliphatic carbocycles. The molecule has 0 radical (unpaired) electrons. The predicted octanol–water partition coefficient (Wildman–Crippen LogP) is 3.66. The van der Waals surface area contributed by atoms with Crippen molar-refractivity contribution in [3.63, 3.8) is 0 Å². The Morgan fingerprint density at radius 3 is 2.78 bits per heavy atom. The van der Waals surface area contributed by atoms with Crippen LogP contribution < -0.4 is 11.6 Å². The maximum atomic E-state index is 10.7. The van der Waals surface area contributed by atoms with Gasteiger partial charge in [0, 0.05) is 30.7 Å². The number of ether oxygens (including phenoxy) is 1. The number of aliphatic hydroxyl groups excluding tert-OH is 1. The molecule has 1 heterocycles. The van der Waals surface area contributed by atoms with Gasteiger partial charge in [-0.2, -0.15) is 0 Å². The summed E-state index contributed by atoms with van der Waals surface area (Å²) < 4.78 is 6.62. The van der Waals surface area contributed by atoms with E-state index in [0.29, 0.717) is 28.5 Å². The molecule has 150 valence electrons. The van der Waals surface area contributed by atoms with Gasteiger partial charge in [-0.05, 0) is 65.1 Å². The van der Waals surface area contributed by atoms with Crippen LogP contribution in [0.3, 0.4) is 0 Å². The molecule has 0 bridgehead atoms. The molecule has 1 saturated carbocycles. The van der Waals surface area contributed by atoms with Gasteiger partial charge in [-0.15, -0.1) is 0 Å². The highest BCUT2D eigenvalue weighted by Crippen LogP contribution is 2.33. The van der Waals surface area contributed by atoms with Crippen molar-refractivity contribution in [3.05, 3.63) is 46.2 Å². The first kappa shape index (κ1) is 21.7. The molecule has 2 rings (SSSR count). The molecule has 0 amide bonds. The van der Waals surface area contributed by atoms with E-state index >= 15 is 0 Å². The van der Waals surface area contributed by atoms with Crippen molar-refractivity contribution in [3.8, 4) is 0 Å². The number of aliphatic imine (C=N–C) groups is 1. The van der Waals surface area contributed by atoms with Crippen LogP contribution >= 0.6 is 15.9 Å². The van der Waals surface area contributed by atoms with Gasteiger partial charge in [0.05, 0.1) is 10.6 Å². The minimum Gasteiger partial charge on any atom is -0.438 e. The van der Waals surface area contributed by atoms with Gasteiger partial charge in [-0.1, -0.05) is 20.8 Å². The summed E-state index contributed by atoms with van der Waals surface area (Å²) in [6, 6.07) is 0. The van der Waals surface area contributed by atoms with Gasteiger partial charge < -0.3 is 20.6 Å². The van der Waals surface area contributed by atoms with Gasteiger partial charge in [0.1, 0.15) is 5.76 Å². The Morgan fingerprint density at radius 1 is 1.48 bits per heavy atom. The second-order valence-electron chi connectivity index (χ2n) is 8.08. The Balaban J connectivity index is 2.20. The fraction of sp³-hybridized carbons (Fsp3) is 0.550. The first-order valence-corrected chi connectivity index (χ1v) is 10.1. The molecular formula is C20H31BrN4O2. The van der Waals surface area contributed by atoms with E-state index in [2.05, 4.69) is 20.9 Å². The van der Waals surface area contributed by atoms with Crippen molar-refractivity contribution in [1.29, 1.82) is 0 Å². The maximum absolute atomic E-state index is 10.7. The summed E-state index contributed by atoms with van der Waals surface area (Å²) in [6.45, 7) is 6.83. The number of rotatable bonds is 8. The Kier molecular flexibility index (Phi) is 7.70. The number of hydrogen-bond donors (Lipinski definition) is 3. The van der Waals surface area contributed by atoms with E-state index in [1.807, 2.05) is 33.0 Å². The number of allylic oxidation sites excluding steroid dienone is 3. The first-order valence-electron chi connectivity index (χ1n) is 9.31. The Labute approximate surface area is 170 Å². The van der Waals surface area contributed by atoms with Crippen LogP contribution in [-0.2, 0) is 4.74 Å². The van der Waals surface area contributed by atoms with E-state index in [1.165, 1.54) is 19.0 Å². The Bertz CT molecular complexity index is 670. The Morgan fingerprint density at radius 2 is 2.19 bits per heavy atom. The lowest BCUT2D eigenvalue weighted by atomic mass is 9.83. The smallest absolute Gasteiger partial charge is 0.220 e. The topological polar surface area (TPSA) is 97.1 Å². The van der Waals surface area contributed by atoms with Crippen molar-refractivity contribution in [2.75, 3.05) is 6.54 Å². The number of hydrogen-bond acceptors (Lipinski definition) is 6. The van der Waals surface area contributed by atoms with E-state index in [4.69, 9.17) is 16.3 Å². The molecule has 1 fully saturated rings. The maximum Gasteiger partial charge on any atom is 0.220 e. The van der Waals surface area contributed by atoms with Crippen molar-refractivity contribution >= 4 is 22.1 Å². The third kappa shape index (κ3) is 6.83. The highest BCUT2D eigenvalue weighted by atomic mass is 79.9. The van der Waals surface area contributed by atoms with E-state index in [9.17, 15) is 5.11 Å². The van der Waals surface area contributed by atoms with Crippen LogP contribution in [-0.4, -0.2) is 29.0 Å². The molecule has 27 heavy (non-hydrogen) atoms. The predicted molar refractivity (Wildman–Crippen MR) is 113 cm³/mol. The number of aliphatic hydroxyl groups is 1. The third-order valence-corrected chi connectivity index (χ3v) is 5.11. The standard InChI is InChI=1S/C20H31BrN4O2/c1-20(2,3)18(26)15-6-4-10-24-19(15)27-17(16(21)12-22)7-5-11-25(23)13-14-8-9-14/h5,7,10-12,14,18,26H,4,6,8-9,13,22-23H2,1-3H3/b11-5+,16-12-,17-7+. The van der Waals surface area contributed by atoms with Crippen LogP contribution in [0.25, 0.3) is 0 Å². The first-order chi connectivity index (χ1) is 12.7. The highest BCUT2D eigenvalue weighted by Gasteiger charge is 2.30. The van der Waals surface area contributed by atoms with E-state index in [-0.39, 0.29) is 5.41 Å². The molecule has 6 nitrogen and oxygen atoms in total. The van der Waals surface area contributed by atoms with Crippen LogP contribution in [0.1, 0.15) is 46.5 Å². The number of nitrogens with two attached hydrogens (primary N) is 2. The van der Waals surface area contributed by atoms with Crippen molar-refractivity contribution in [2.24, 2.45) is 27.9 Å². The fourth-order valence-corrected chi connectivity index (χ4v) is 2.89. The van der Waals surface area contributed by atoms with Gasteiger partial charge in [0.25, 0.3) is 0 Å². The van der Waals surface area contributed by atoms with Crippen molar-refractivity contribution in [2.45, 2.75) is 52.6 Å². The summed E-state index contributed by atoms with van der Waals surface area (Å²) in [4.78, 5) is 4.38. The molecule has 0 saturated heterocycles. The van der Waals surface area contributed by atoms with Crippen LogP contribution in [0.2, 0.25) is 0 Å². The average molecular weight is 439 g/mol. The monoisotopic (exact) mass is 438 g/mol. The zero-order valence-corrected chi connectivity index (χ0v) is 17.9. The lowest BCUT2D eigenvalue weighted by molar-refractivity contribution is 0.0857. The van der Waals surface area contributed by atoms with Crippen LogP contribution in [0, 0.1) is 11.3 Å². The quantitative estimate of drug-likeness (QED) is 0.232. The summed E-state index contributed by atoms with van der Waals surface area (Å²) in [5, 5.41) is 12.4. The van der Waals surface area contributed by atoms with Gasteiger partial charge in [-0.3, -0.25) is 0 Å². The summed E-state index contributed by atoms with van der Waals surface area (Å²) in [5.74, 6) is 7.59. The molecule has 1 unspecified atom stereocenters. The lowest BCUT2D eigenvalue weighted by Crippen LogP contribution is -2.30. The second kappa shape index (κ2) is 9.57. The zero-order valence-electron chi connectivity index (χ0n) is 16.4. The number of hydrazine groups is 1. The summed E-state index contributed by atoms with van der Waals surface area (Å²) >= 11 is 3.41. The average Bonchev–Trinajstić information content (AvgIpc) is 3.43. The van der Waals surface area contributed by atoms with E-state index in [0.717, 1.165) is 18.5 Å². The molecule has 5 N–H and O–H groups in total. The minimum atomic E-state index is -0.638. The normalized spacial score (nSPS) is 20.4. The molecule has 0 aromatic rings. The van der Waals surface area contributed by atoms with Gasteiger partial charge >= 0.3 is 0 Å². The highest BCUT2D eigenvalue weighted by molar-refractivity contribution is 9.11. The molecule has 0 aromatic heterocycles. The van der Waals surface area contributed by atoms with Gasteiger partial charge in [0.15, 0.2) is 0 Å². The fourth-order valence-electron chi connectivity index (χ4n) is 2.67. The lowest BCUT2D eigenvalue weighted by Gasteiger charge is -2.30. The molecule has 2 aliphatic rings. The number of halogens is 1. The van der Waals surface area contributed by atoms with Crippen molar-refractivity contribution < 1.29 is 9.84 Å². The van der Waals surface area contributed by atoms with E-state index in [1.54, 1.807) is 17.3 Å². The minimum absolute atomic E-state index is 0.301. The van der Waals surface area contributed by atoms with Crippen LogP contribution in [0.15, 0.2) is 51.2 Å². The van der Waals surface area contributed by atoms with E-state index < -0.39 is 6.10 Å². The van der Waals surface area contributed by atoms with Gasteiger partial charge in [0.2, 0.25) is 5.88 Å². The van der Waals surface area contributed by atoms with Crippen molar-refractivity contribution in [1.82, 2.24) is 5.01 Å². The molecule has 7 heteroatoms. The van der Waals surface area contributed by atoms with Crippen LogP contribution in [0.5, 0.6) is 0 Å². The molecule has 0 spiro atoms. The zero-order chi connectivity index (χ0) is 20.0. The Hall–Kier alpha value is -1.57. The SMILES string of the molecule is CC(C)(C)C(O)C1=C(OC(=C/C=C/N(N)CC2CC2)/C(Br)=C/N)N=CCC1. The summed E-state index contributed by atoms with van der Waals surface area (Å²) in [7, 11) is 0. The van der Waals surface area contributed by atoms with Gasteiger partial charge in [-0.25, -0.2) is 10.8 Å².